The Morgan fingerprint density at radius 2 is 2.00 bits per heavy atom. The molecule has 0 spiro atoms. The van der Waals surface area contributed by atoms with E-state index in [1.807, 2.05) is 0 Å². The normalized spacial score (nSPS) is 39.9. The molecule has 1 fully saturated rings. The summed E-state index contributed by atoms with van der Waals surface area (Å²) in [5.41, 5.74) is 4.78. The lowest BCUT2D eigenvalue weighted by Gasteiger charge is -2.34. The van der Waals surface area contributed by atoms with Crippen LogP contribution in [0.3, 0.4) is 0 Å². The maximum Gasteiger partial charge on any atom is 0.314 e. The number of aliphatic hydroxyl groups is 3. The van der Waals surface area contributed by atoms with E-state index in [9.17, 15) is 9.90 Å². The molecule has 1 rings (SSSR count). The lowest BCUT2D eigenvalue weighted by Crippen LogP contribution is -2.59. The van der Waals surface area contributed by atoms with Crippen molar-refractivity contribution in [2.24, 2.45) is 5.73 Å². The molecule has 0 aromatic rings. The molecule has 13 heavy (non-hydrogen) atoms. The van der Waals surface area contributed by atoms with Gasteiger partial charge in [0.25, 0.3) is 0 Å². The van der Waals surface area contributed by atoms with Crippen LogP contribution in [-0.4, -0.2) is 52.5 Å². The van der Waals surface area contributed by atoms with Crippen molar-refractivity contribution in [2.75, 3.05) is 6.61 Å². The molecule has 1 aliphatic rings. The second kappa shape index (κ2) is 3.88. The predicted molar refractivity (Wildman–Crippen MR) is 40.5 cm³/mol. The summed E-state index contributed by atoms with van der Waals surface area (Å²) < 4.78 is 4.81. The Labute approximate surface area is 74.1 Å². The quantitative estimate of drug-likeness (QED) is 0.304. The van der Waals surface area contributed by atoms with Gasteiger partial charge in [0.15, 0.2) is 6.23 Å². The van der Waals surface area contributed by atoms with Crippen LogP contribution in [0.4, 0.5) is 4.79 Å². The van der Waals surface area contributed by atoms with Gasteiger partial charge in [-0.05, 0) is 0 Å². The van der Waals surface area contributed by atoms with Gasteiger partial charge in [-0.1, -0.05) is 0 Å². The first-order chi connectivity index (χ1) is 6.02. The Morgan fingerprint density at radius 1 is 1.38 bits per heavy atom. The topological polar surface area (TPSA) is 125 Å². The number of nitrogens with one attached hydrogen (secondary N) is 1. The van der Waals surface area contributed by atoms with Gasteiger partial charge in [-0.3, -0.25) is 0 Å². The first-order valence-electron chi connectivity index (χ1n) is 3.74. The van der Waals surface area contributed by atoms with E-state index in [0.29, 0.717) is 0 Å². The molecule has 0 saturated carbocycles. The summed E-state index contributed by atoms with van der Waals surface area (Å²) in [6, 6.07) is -0.868. The lowest BCUT2D eigenvalue weighted by atomic mass is 10.0. The van der Waals surface area contributed by atoms with E-state index in [4.69, 9.17) is 20.7 Å². The van der Waals surface area contributed by atoms with Crippen molar-refractivity contribution in [3.05, 3.63) is 0 Å². The zero-order chi connectivity index (χ0) is 10.0. The van der Waals surface area contributed by atoms with Crippen molar-refractivity contribution in [2.45, 2.75) is 24.5 Å². The van der Waals surface area contributed by atoms with Crippen molar-refractivity contribution in [3.8, 4) is 0 Å². The van der Waals surface area contributed by atoms with E-state index in [1.54, 1.807) is 0 Å². The predicted octanol–water partition coefficient (Wildman–Crippen LogP) is -2.91. The van der Waals surface area contributed by atoms with Crippen LogP contribution in [-0.2, 0) is 4.74 Å². The van der Waals surface area contributed by atoms with Crippen LogP contribution >= 0.6 is 0 Å². The molecular formula is C6H12N2O5. The Kier molecular flexibility index (Phi) is 3.04. The molecule has 7 heteroatoms. The van der Waals surface area contributed by atoms with E-state index in [2.05, 4.69) is 5.32 Å². The third kappa shape index (κ3) is 2.28. The van der Waals surface area contributed by atoms with Gasteiger partial charge in [-0.2, -0.15) is 0 Å². The molecule has 2 amide bonds. The van der Waals surface area contributed by atoms with Crippen LogP contribution in [0, 0.1) is 0 Å². The van der Waals surface area contributed by atoms with Crippen LogP contribution in [0.5, 0.6) is 0 Å². The number of urea groups is 1. The monoisotopic (exact) mass is 192 g/mol. The number of primary amides is 1. The Balaban J connectivity index is 2.53. The van der Waals surface area contributed by atoms with E-state index in [0.717, 1.165) is 0 Å². The average molecular weight is 192 g/mol. The lowest BCUT2D eigenvalue weighted by molar-refractivity contribution is -0.191. The molecule has 76 valence electrons. The Bertz CT molecular complexity index is 199. The van der Waals surface area contributed by atoms with Crippen LogP contribution in [0.2, 0.25) is 0 Å². The summed E-state index contributed by atoms with van der Waals surface area (Å²) >= 11 is 0. The van der Waals surface area contributed by atoms with Crippen LogP contribution < -0.4 is 11.1 Å². The number of carbonyl (C=O) groups excluding carboxylic acids is 1. The highest BCUT2D eigenvalue weighted by Crippen LogP contribution is 2.13. The average Bonchev–Trinajstić information content (AvgIpc) is 2.06. The van der Waals surface area contributed by atoms with Gasteiger partial charge in [-0.15, -0.1) is 0 Å². The molecule has 0 bridgehead atoms. The zero-order valence-corrected chi connectivity index (χ0v) is 6.75. The highest BCUT2D eigenvalue weighted by Gasteiger charge is 2.37. The number of nitrogens with two attached hydrogens (primary N) is 1. The van der Waals surface area contributed by atoms with E-state index in [-0.39, 0.29) is 6.61 Å². The van der Waals surface area contributed by atoms with E-state index in [1.165, 1.54) is 0 Å². The standard InChI is InChI=1S/C6H12N2O5/c7-6(12)8-5-4(11)3(10)2(9)1-13-5/h2-5,9-11H,1H2,(H3,7,8,12)/t2-,3-,4-,5-/m1/s1. The summed E-state index contributed by atoms with van der Waals surface area (Å²) in [6.45, 7) is -0.164. The van der Waals surface area contributed by atoms with Crippen molar-refractivity contribution in [3.63, 3.8) is 0 Å². The minimum atomic E-state index is -1.38. The largest absolute Gasteiger partial charge is 0.388 e. The van der Waals surface area contributed by atoms with Gasteiger partial charge in [0.2, 0.25) is 0 Å². The number of rotatable bonds is 1. The van der Waals surface area contributed by atoms with Gasteiger partial charge in [-0.25, -0.2) is 4.79 Å². The summed E-state index contributed by atoms with van der Waals surface area (Å²) in [7, 11) is 0. The number of hydrogen-bond acceptors (Lipinski definition) is 5. The van der Waals surface area contributed by atoms with Crippen molar-refractivity contribution in [1.29, 1.82) is 0 Å². The maximum atomic E-state index is 10.4. The molecule has 6 N–H and O–H groups in total. The van der Waals surface area contributed by atoms with Gasteiger partial charge in [0.1, 0.15) is 18.3 Å². The number of aliphatic hydroxyl groups excluding tert-OH is 3. The SMILES string of the molecule is NC(=O)N[C@@H]1OC[C@@H](O)[C@@H](O)[C@H]1O. The van der Waals surface area contributed by atoms with Crippen molar-refractivity contribution in [1.82, 2.24) is 5.32 Å². The summed E-state index contributed by atoms with van der Waals surface area (Å²) in [4.78, 5) is 10.4. The van der Waals surface area contributed by atoms with Crippen LogP contribution in [0.15, 0.2) is 0 Å². The fraction of sp³-hybridized carbons (Fsp3) is 0.833. The fourth-order valence-electron chi connectivity index (χ4n) is 1.07. The minimum Gasteiger partial charge on any atom is -0.388 e. The van der Waals surface area contributed by atoms with Gasteiger partial charge < -0.3 is 31.1 Å². The van der Waals surface area contributed by atoms with E-state index < -0.39 is 30.6 Å². The van der Waals surface area contributed by atoms with Gasteiger partial charge in [0, 0.05) is 0 Å². The van der Waals surface area contributed by atoms with Crippen molar-refractivity contribution >= 4 is 6.03 Å². The fourth-order valence-corrected chi connectivity index (χ4v) is 1.07. The smallest absolute Gasteiger partial charge is 0.314 e. The molecule has 0 aromatic carbocycles. The first kappa shape index (κ1) is 10.2. The second-order valence-corrected chi connectivity index (χ2v) is 2.81. The third-order valence-electron chi connectivity index (χ3n) is 1.79. The molecule has 0 aliphatic carbocycles. The Hall–Kier alpha value is -0.890. The molecule has 0 radical (unpaired) electrons. The number of ether oxygens (including phenoxy) is 1. The molecule has 7 nitrogen and oxygen atoms in total. The number of hydrogen-bond donors (Lipinski definition) is 5. The highest BCUT2D eigenvalue weighted by molar-refractivity contribution is 5.71. The second-order valence-electron chi connectivity index (χ2n) is 2.81. The van der Waals surface area contributed by atoms with Gasteiger partial charge in [0.05, 0.1) is 6.61 Å². The molecule has 4 atom stereocenters. The minimum absolute atomic E-state index is 0.164. The molecule has 1 saturated heterocycles. The maximum absolute atomic E-state index is 10.4. The highest BCUT2D eigenvalue weighted by atomic mass is 16.5. The summed E-state index contributed by atoms with van der Waals surface area (Å²) in [6.07, 6.45) is -4.95. The first-order valence-corrected chi connectivity index (χ1v) is 3.74. The van der Waals surface area contributed by atoms with E-state index >= 15 is 0 Å². The number of carbonyl (C=O) groups is 1. The van der Waals surface area contributed by atoms with Crippen LogP contribution in [0.1, 0.15) is 0 Å². The molecule has 0 unspecified atom stereocenters. The molecule has 1 heterocycles. The molecule has 1 aliphatic heterocycles. The van der Waals surface area contributed by atoms with Gasteiger partial charge >= 0.3 is 6.03 Å². The zero-order valence-electron chi connectivity index (χ0n) is 6.75. The van der Waals surface area contributed by atoms with Crippen molar-refractivity contribution < 1.29 is 24.9 Å². The summed E-state index contributed by atoms with van der Waals surface area (Å²) in [5, 5.41) is 29.5. The molecular weight excluding hydrogens is 180 g/mol. The number of amides is 2. The molecule has 0 aromatic heterocycles. The van der Waals surface area contributed by atoms with Crippen LogP contribution in [0.25, 0.3) is 0 Å². The third-order valence-corrected chi connectivity index (χ3v) is 1.79. The Morgan fingerprint density at radius 3 is 2.54 bits per heavy atom. The summed E-state index contributed by atoms with van der Waals surface area (Å²) in [5.74, 6) is 0.